The van der Waals surface area contributed by atoms with E-state index in [0.29, 0.717) is 0 Å². The molecule has 60 valence electrons. The summed E-state index contributed by atoms with van der Waals surface area (Å²) in [6, 6.07) is 0. The first-order chi connectivity index (χ1) is 5.25. The van der Waals surface area contributed by atoms with Crippen molar-refractivity contribution in [3.63, 3.8) is 0 Å². The Hall–Kier alpha value is -0.550. The first-order valence-electron chi connectivity index (χ1n) is 2.90. The number of aromatic nitrogens is 1. The highest BCUT2D eigenvalue weighted by Crippen LogP contribution is 2.18. The van der Waals surface area contributed by atoms with Crippen molar-refractivity contribution in [2.75, 3.05) is 6.26 Å². The lowest BCUT2D eigenvalue weighted by atomic mass is 10.4. The van der Waals surface area contributed by atoms with E-state index in [-0.39, 0.29) is 5.69 Å². The molecule has 0 amide bonds. The molecule has 1 aromatic rings. The Morgan fingerprint density at radius 3 is 3.18 bits per heavy atom. The Bertz CT molecular complexity index is 259. The Labute approximate surface area is 72.5 Å². The summed E-state index contributed by atoms with van der Waals surface area (Å²) in [4.78, 5) is 15.1. The van der Waals surface area contributed by atoms with Gasteiger partial charge in [0.2, 0.25) is 0 Å². The highest BCUT2D eigenvalue weighted by molar-refractivity contribution is 7.97. The first kappa shape index (κ1) is 8.55. The molecule has 0 saturated heterocycles. The van der Waals surface area contributed by atoms with Crippen LogP contribution in [-0.4, -0.2) is 22.3 Å². The molecular weight excluding hydrogens is 182 g/mol. The average molecular weight is 189 g/mol. The fraction of sp³-hybridized carbons (Fsp3) is 0.333. The lowest BCUT2D eigenvalue weighted by Gasteiger charge is -1.92. The van der Waals surface area contributed by atoms with Crippen LogP contribution >= 0.6 is 23.1 Å². The molecule has 0 unspecified atom stereocenters. The minimum Gasteiger partial charge on any atom is -0.476 e. The normalized spacial score (nSPS) is 9.91. The minimum absolute atomic E-state index is 0.198. The SMILES string of the molecule is CSCc1scnc1C(=O)O. The molecule has 3 nitrogen and oxygen atoms in total. The van der Waals surface area contributed by atoms with Gasteiger partial charge in [-0.2, -0.15) is 11.8 Å². The summed E-state index contributed by atoms with van der Waals surface area (Å²) in [7, 11) is 0. The van der Waals surface area contributed by atoms with Crippen molar-refractivity contribution in [3.05, 3.63) is 16.1 Å². The molecule has 0 fully saturated rings. The predicted octanol–water partition coefficient (Wildman–Crippen LogP) is 1.70. The van der Waals surface area contributed by atoms with E-state index >= 15 is 0 Å². The van der Waals surface area contributed by atoms with Gasteiger partial charge in [-0.3, -0.25) is 0 Å². The van der Waals surface area contributed by atoms with E-state index in [9.17, 15) is 4.79 Å². The number of hydrogen-bond acceptors (Lipinski definition) is 4. The summed E-state index contributed by atoms with van der Waals surface area (Å²) < 4.78 is 0. The highest BCUT2D eigenvalue weighted by Gasteiger charge is 2.11. The number of aromatic carboxylic acids is 1. The molecule has 0 aliphatic carbocycles. The molecule has 5 heteroatoms. The predicted molar refractivity (Wildman–Crippen MR) is 46.3 cm³/mol. The van der Waals surface area contributed by atoms with E-state index in [1.165, 1.54) is 11.3 Å². The number of carbonyl (C=O) groups is 1. The molecule has 0 radical (unpaired) electrons. The average Bonchev–Trinajstić information content (AvgIpc) is 2.36. The van der Waals surface area contributed by atoms with E-state index in [0.717, 1.165) is 10.6 Å². The zero-order chi connectivity index (χ0) is 8.27. The van der Waals surface area contributed by atoms with Crippen molar-refractivity contribution in [1.82, 2.24) is 4.98 Å². The molecule has 1 aromatic heterocycles. The van der Waals surface area contributed by atoms with E-state index in [1.54, 1.807) is 17.3 Å². The van der Waals surface area contributed by atoms with E-state index in [1.807, 2.05) is 6.26 Å². The summed E-state index contributed by atoms with van der Waals surface area (Å²) in [5.41, 5.74) is 1.76. The number of rotatable bonds is 3. The van der Waals surface area contributed by atoms with Gasteiger partial charge < -0.3 is 5.11 Å². The van der Waals surface area contributed by atoms with Gasteiger partial charge in [0.05, 0.1) is 5.51 Å². The molecule has 0 aromatic carbocycles. The molecule has 1 rings (SSSR count). The zero-order valence-electron chi connectivity index (χ0n) is 5.90. The zero-order valence-corrected chi connectivity index (χ0v) is 7.54. The van der Waals surface area contributed by atoms with Gasteiger partial charge in [-0.05, 0) is 6.26 Å². The van der Waals surface area contributed by atoms with Crippen molar-refractivity contribution < 1.29 is 9.90 Å². The minimum atomic E-state index is -0.935. The molecule has 0 spiro atoms. The Balaban J connectivity index is 2.87. The second kappa shape index (κ2) is 3.73. The van der Waals surface area contributed by atoms with Gasteiger partial charge in [-0.15, -0.1) is 11.3 Å². The number of carboxylic acids is 1. The third-order valence-corrected chi connectivity index (χ3v) is 2.71. The van der Waals surface area contributed by atoms with Crippen LogP contribution in [0.3, 0.4) is 0 Å². The standard InChI is InChI=1S/C6H7NO2S2/c1-10-2-4-5(6(8)9)7-3-11-4/h3H,2H2,1H3,(H,8,9). The molecule has 1 N–H and O–H groups in total. The number of nitrogens with zero attached hydrogens (tertiary/aromatic N) is 1. The molecule has 11 heavy (non-hydrogen) atoms. The van der Waals surface area contributed by atoms with Crippen molar-refractivity contribution in [2.45, 2.75) is 5.75 Å². The van der Waals surface area contributed by atoms with Crippen LogP contribution in [0.2, 0.25) is 0 Å². The van der Waals surface area contributed by atoms with E-state index in [2.05, 4.69) is 4.98 Å². The smallest absolute Gasteiger partial charge is 0.355 e. The summed E-state index contributed by atoms with van der Waals surface area (Å²) in [6.45, 7) is 0. The van der Waals surface area contributed by atoms with Crippen molar-refractivity contribution in [3.8, 4) is 0 Å². The van der Waals surface area contributed by atoms with Crippen LogP contribution in [0.25, 0.3) is 0 Å². The van der Waals surface area contributed by atoms with E-state index in [4.69, 9.17) is 5.11 Å². The molecule has 0 saturated carbocycles. The molecule has 0 bridgehead atoms. The molecular formula is C6H7NO2S2. The maximum atomic E-state index is 10.5. The lowest BCUT2D eigenvalue weighted by molar-refractivity contribution is 0.0690. The van der Waals surface area contributed by atoms with Crippen molar-refractivity contribution in [2.24, 2.45) is 0 Å². The molecule has 0 aliphatic heterocycles. The van der Waals surface area contributed by atoms with Crippen LogP contribution in [0.15, 0.2) is 5.51 Å². The number of carboxylic acid groups (broad SMARTS) is 1. The van der Waals surface area contributed by atoms with Crippen LogP contribution < -0.4 is 0 Å². The Kier molecular flexibility index (Phi) is 2.90. The van der Waals surface area contributed by atoms with Gasteiger partial charge in [-0.25, -0.2) is 9.78 Å². The van der Waals surface area contributed by atoms with Gasteiger partial charge in [0, 0.05) is 10.6 Å². The summed E-state index contributed by atoms with van der Waals surface area (Å²) >= 11 is 2.99. The van der Waals surface area contributed by atoms with Crippen LogP contribution in [0.5, 0.6) is 0 Å². The van der Waals surface area contributed by atoms with Crippen molar-refractivity contribution >= 4 is 29.1 Å². The molecule has 0 aliphatic rings. The molecule has 1 heterocycles. The Morgan fingerprint density at radius 1 is 1.91 bits per heavy atom. The third kappa shape index (κ3) is 1.94. The summed E-state index contributed by atoms with van der Waals surface area (Å²) in [6.07, 6.45) is 1.94. The lowest BCUT2D eigenvalue weighted by Crippen LogP contribution is -1.99. The van der Waals surface area contributed by atoms with Gasteiger partial charge in [0.25, 0.3) is 0 Å². The van der Waals surface area contributed by atoms with Crippen LogP contribution in [0.1, 0.15) is 15.4 Å². The maximum absolute atomic E-state index is 10.5. The third-order valence-electron chi connectivity index (χ3n) is 1.12. The highest BCUT2D eigenvalue weighted by atomic mass is 32.2. The molecule has 0 atom stereocenters. The van der Waals surface area contributed by atoms with Gasteiger partial charge in [-0.1, -0.05) is 0 Å². The van der Waals surface area contributed by atoms with Gasteiger partial charge in [0.15, 0.2) is 5.69 Å². The van der Waals surface area contributed by atoms with Crippen LogP contribution in [0, 0.1) is 0 Å². The first-order valence-corrected chi connectivity index (χ1v) is 5.17. The van der Waals surface area contributed by atoms with Gasteiger partial charge in [0.1, 0.15) is 0 Å². The number of hydrogen-bond donors (Lipinski definition) is 1. The van der Waals surface area contributed by atoms with Crippen LogP contribution in [0.4, 0.5) is 0 Å². The number of thiazole rings is 1. The van der Waals surface area contributed by atoms with Crippen molar-refractivity contribution in [1.29, 1.82) is 0 Å². The maximum Gasteiger partial charge on any atom is 0.355 e. The summed E-state index contributed by atoms with van der Waals surface area (Å²) in [5.74, 6) is -0.206. The topological polar surface area (TPSA) is 50.2 Å². The summed E-state index contributed by atoms with van der Waals surface area (Å²) in [5, 5.41) is 8.62. The fourth-order valence-corrected chi connectivity index (χ4v) is 2.24. The largest absolute Gasteiger partial charge is 0.476 e. The Morgan fingerprint density at radius 2 is 2.64 bits per heavy atom. The second-order valence-corrected chi connectivity index (χ2v) is 3.67. The van der Waals surface area contributed by atoms with Gasteiger partial charge >= 0.3 is 5.97 Å². The quantitative estimate of drug-likeness (QED) is 0.786. The fourth-order valence-electron chi connectivity index (χ4n) is 0.678. The monoisotopic (exact) mass is 189 g/mol. The second-order valence-electron chi connectivity index (χ2n) is 1.86. The number of thioether (sulfide) groups is 1. The van der Waals surface area contributed by atoms with E-state index < -0.39 is 5.97 Å². The van der Waals surface area contributed by atoms with Crippen LogP contribution in [-0.2, 0) is 5.75 Å².